The number of aromatic nitrogens is 2. The van der Waals surface area contributed by atoms with E-state index in [0.717, 1.165) is 12.1 Å². The van der Waals surface area contributed by atoms with Gasteiger partial charge >= 0.3 is 0 Å². The zero-order valence-electron chi connectivity index (χ0n) is 16.1. The van der Waals surface area contributed by atoms with Gasteiger partial charge in [0, 0.05) is 54.6 Å². The molecule has 0 radical (unpaired) electrons. The van der Waals surface area contributed by atoms with Crippen LogP contribution in [0.25, 0.3) is 22.0 Å². The SMILES string of the molecule is CC(=O)Nc1ccc(Oc2ccc(F)cc2F)c(-c2cn(C)c(=O)c3[nH]ccc23)c1. The Labute approximate surface area is 169 Å². The van der Waals surface area contributed by atoms with Crippen molar-refractivity contribution >= 4 is 22.5 Å². The van der Waals surface area contributed by atoms with Crippen LogP contribution < -0.4 is 15.6 Å². The number of anilines is 1. The molecule has 0 saturated heterocycles. The smallest absolute Gasteiger partial charge is 0.274 e. The Kier molecular flexibility index (Phi) is 4.83. The molecule has 6 nitrogen and oxygen atoms in total. The third-order valence-corrected chi connectivity index (χ3v) is 4.60. The third kappa shape index (κ3) is 3.55. The quantitative estimate of drug-likeness (QED) is 0.519. The van der Waals surface area contributed by atoms with Crippen molar-refractivity contribution in [2.75, 3.05) is 5.32 Å². The molecule has 0 unspecified atom stereocenters. The Morgan fingerprint density at radius 2 is 1.83 bits per heavy atom. The first-order valence-electron chi connectivity index (χ1n) is 9.05. The summed E-state index contributed by atoms with van der Waals surface area (Å²) in [7, 11) is 1.62. The van der Waals surface area contributed by atoms with Crippen LogP contribution in [0.4, 0.5) is 14.5 Å². The maximum absolute atomic E-state index is 14.2. The van der Waals surface area contributed by atoms with E-state index in [0.29, 0.717) is 27.7 Å². The molecule has 0 aliphatic carbocycles. The van der Waals surface area contributed by atoms with Crippen LogP contribution in [0.2, 0.25) is 0 Å². The molecule has 0 saturated carbocycles. The van der Waals surface area contributed by atoms with Gasteiger partial charge in [0.15, 0.2) is 11.6 Å². The van der Waals surface area contributed by atoms with E-state index < -0.39 is 11.6 Å². The van der Waals surface area contributed by atoms with E-state index in [1.807, 2.05) is 0 Å². The minimum absolute atomic E-state index is 0.153. The average molecular weight is 409 g/mol. The number of amides is 1. The molecule has 4 aromatic rings. The van der Waals surface area contributed by atoms with E-state index in [1.165, 1.54) is 17.6 Å². The lowest BCUT2D eigenvalue weighted by molar-refractivity contribution is -0.114. The molecule has 0 aliphatic rings. The molecule has 8 heteroatoms. The lowest BCUT2D eigenvalue weighted by atomic mass is 10.0. The Hall–Kier alpha value is -3.94. The zero-order chi connectivity index (χ0) is 21.4. The highest BCUT2D eigenvalue weighted by Crippen LogP contribution is 2.38. The van der Waals surface area contributed by atoms with Crippen molar-refractivity contribution in [3.63, 3.8) is 0 Å². The number of nitrogens with zero attached hydrogens (tertiary/aromatic N) is 1. The topological polar surface area (TPSA) is 76.1 Å². The molecule has 30 heavy (non-hydrogen) atoms. The van der Waals surface area contributed by atoms with Gasteiger partial charge in [0.05, 0.1) is 0 Å². The molecular formula is C22H17F2N3O3. The zero-order valence-corrected chi connectivity index (χ0v) is 16.1. The van der Waals surface area contributed by atoms with E-state index >= 15 is 0 Å². The summed E-state index contributed by atoms with van der Waals surface area (Å²) in [6.45, 7) is 1.38. The summed E-state index contributed by atoms with van der Waals surface area (Å²) >= 11 is 0. The second-order valence-electron chi connectivity index (χ2n) is 6.79. The molecule has 152 valence electrons. The molecular weight excluding hydrogens is 392 g/mol. The van der Waals surface area contributed by atoms with Crippen LogP contribution in [0, 0.1) is 11.6 Å². The van der Waals surface area contributed by atoms with Gasteiger partial charge in [0.2, 0.25) is 5.91 Å². The second-order valence-corrected chi connectivity index (χ2v) is 6.79. The van der Waals surface area contributed by atoms with Crippen LogP contribution >= 0.6 is 0 Å². The third-order valence-electron chi connectivity index (χ3n) is 4.60. The molecule has 0 fully saturated rings. The molecule has 4 rings (SSSR count). The lowest BCUT2D eigenvalue weighted by Gasteiger charge is -2.15. The Balaban J connectivity index is 1.92. The molecule has 2 N–H and O–H groups in total. The highest BCUT2D eigenvalue weighted by molar-refractivity contribution is 5.97. The van der Waals surface area contributed by atoms with Crippen molar-refractivity contribution in [1.82, 2.24) is 9.55 Å². The number of rotatable bonds is 4. The monoisotopic (exact) mass is 409 g/mol. The maximum Gasteiger partial charge on any atom is 0.274 e. The minimum atomic E-state index is -0.848. The highest BCUT2D eigenvalue weighted by atomic mass is 19.1. The van der Waals surface area contributed by atoms with Crippen molar-refractivity contribution in [3.8, 4) is 22.6 Å². The molecule has 0 bridgehead atoms. The molecule has 2 aromatic heterocycles. The number of H-pyrrole nitrogens is 1. The summed E-state index contributed by atoms with van der Waals surface area (Å²) in [4.78, 5) is 26.8. The lowest BCUT2D eigenvalue weighted by Crippen LogP contribution is -2.16. The van der Waals surface area contributed by atoms with Crippen LogP contribution in [0.15, 0.2) is 59.7 Å². The normalized spacial score (nSPS) is 10.9. The molecule has 2 aromatic carbocycles. The number of carbonyl (C=O) groups excluding carboxylic acids is 1. The van der Waals surface area contributed by atoms with Crippen molar-refractivity contribution in [2.45, 2.75) is 6.92 Å². The Morgan fingerprint density at radius 1 is 1.07 bits per heavy atom. The molecule has 2 heterocycles. The fourth-order valence-electron chi connectivity index (χ4n) is 3.27. The molecule has 1 amide bonds. The van der Waals surface area contributed by atoms with Crippen LogP contribution in [0.3, 0.4) is 0 Å². The number of fused-ring (bicyclic) bond motifs is 1. The van der Waals surface area contributed by atoms with Gasteiger partial charge in [-0.25, -0.2) is 8.78 Å². The number of nitrogens with one attached hydrogen (secondary N) is 2. The first-order chi connectivity index (χ1) is 14.3. The Bertz CT molecular complexity index is 1340. The van der Waals surface area contributed by atoms with Crippen LogP contribution in [0.1, 0.15) is 6.92 Å². The molecule has 0 aliphatic heterocycles. The van der Waals surface area contributed by atoms with Gasteiger partial charge in [-0.2, -0.15) is 0 Å². The maximum atomic E-state index is 14.2. The number of hydrogen-bond donors (Lipinski definition) is 2. The number of hydrogen-bond acceptors (Lipinski definition) is 3. The van der Waals surface area contributed by atoms with Gasteiger partial charge in [0.25, 0.3) is 5.56 Å². The summed E-state index contributed by atoms with van der Waals surface area (Å²) in [5.74, 6) is -1.70. The van der Waals surface area contributed by atoms with Gasteiger partial charge in [-0.3, -0.25) is 9.59 Å². The Morgan fingerprint density at radius 3 is 2.57 bits per heavy atom. The van der Waals surface area contributed by atoms with E-state index in [4.69, 9.17) is 4.74 Å². The predicted octanol–water partition coefficient (Wildman–Crippen LogP) is 4.56. The first-order valence-corrected chi connectivity index (χ1v) is 9.05. The van der Waals surface area contributed by atoms with Gasteiger partial charge in [-0.1, -0.05) is 0 Å². The van der Waals surface area contributed by atoms with E-state index in [1.54, 1.807) is 43.7 Å². The van der Waals surface area contributed by atoms with Crippen LogP contribution in [-0.4, -0.2) is 15.5 Å². The summed E-state index contributed by atoms with van der Waals surface area (Å²) in [5.41, 5.74) is 1.85. The fourth-order valence-corrected chi connectivity index (χ4v) is 3.27. The van der Waals surface area contributed by atoms with Gasteiger partial charge in [0.1, 0.15) is 17.1 Å². The van der Waals surface area contributed by atoms with Crippen molar-refractivity contribution in [1.29, 1.82) is 0 Å². The van der Waals surface area contributed by atoms with Gasteiger partial charge < -0.3 is 19.6 Å². The predicted molar refractivity (Wildman–Crippen MR) is 110 cm³/mol. The number of pyridine rings is 1. The number of carbonyl (C=O) groups is 1. The molecule has 0 atom stereocenters. The van der Waals surface area contributed by atoms with Gasteiger partial charge in [-0.15, -0.1) is 0 Å². The fraction of sp³-hybridized carbons (Fsp3) is 0.0909. The summed E-state index contributed by atoms with van der Waals surface area (Å²) in [5, 5.41) is 3.34. The van der Waals surface area contributed by atoms with Crippen molar-refractivity contribution in [3.05, 3.63) is 76.8 Å². The van der Waals surface area contributed by atoms with Gasteiger partial charge in [-0.05, 0) is 36.4 Å². The summed E-state index contributed by atoms with van der Waals surface area (Å²) in [6, 6.07) is 9.63. The van der Waals surface area contributed by atoms with E-state index in [-0.39, 0.29) is 23.0 Å². The highest BCUT2D eigenvalue weighted by Gasteiger charge is 2.17. The van der Waals surface area contributed by atoms with E-state index in [2.05, 4.69) is 10.3 Å². The number of ether oxygens (including phenoxy) is 1. The van der Waals surface area contributed by atoms with Crippen molar-refractivity contribution < 1.29 is 18.3 Å². The van der Waals surface area contributed by atoms with Crippen LogP contribution in [-0.2, 0) is 11.8 Å². The van der Waals surface area contributed by atoms with Crippen molar-refractivity contribution in [2.24, 2.45) is 7.05 Å². The van der Waals surface area contributed by atoms with E-state index in [9.17, 15) is 18.4 Å². The summed E-state index contributed by atoms with van der Waals surface area (Å²) < 4.78 is 34.6. The largest absolute Gasteiger partial charge is 0.454 e. The summed E-state index contributed by atoms with van der Waals surface area (Å²) in [6.07, 6.45) is 3.28. The standard InChI is InChI=1S/C22H17F2N3O3/c1-12(28)26-14-4-6-19(30-20-5-3-13(23)9-18(20)24)16(10-14)17-11-27(2)22(29)21-15(17)7-8-25-21/h3-11,25H,1-2H3,(H,26,28). The average Bonchev–Trinajstić information content (AvgIpc) is 3.18. The minimum Gasteiger partial charge on any atom is -0.454 e. The number of aromatic amines is 1. The molecule has 0 spiro atoms. The number of aryl methyl sites for hydroxylation is 1. The second kappa shape index (κ2) is 7.47. The van der Waals surface area contributed by atoms with Crippen LogP contribution in [0.5, 0.6) is 11.5 Å². The number of halogens is 2. The number of benzene rings is 2. The first kappa shape index (κ1) is 19.4.